The van der Waals surface area contributed by atoms with Crippen molar-refractivity contribution >= 4 is 5.91 Å². The van der Waals surface area contributed by atoms with Gasteiger partial charge in [0.05, 0.1) is 6.54 Å². The highest BCUT2D eigenvalue weighted by Gasteiger charge is 2.14. The van der Waals surface area contributed by atoms with Gasteiger partial charge in [-0.1, -0.05) is 20.8 Å². The van der Waals surface area contributed by atoms with Gasteiger partial charge in [-0.2, -0.15) is 0 Å². The van der Waals surface area contributed by atoms with Crippen molar-refractivity contribution in [3.8, 4) is 0 Å². The van der Waals surface area contributed by atoms with E-state index < -0.39 is 0 Å². The van der Waals surface area contributed by atoms with Crippen molar-refractivity contribution in [3.05, 3.63) is 0 Å². The first-order chi connectivity index (χ1) is 7.59. The first kappa shape index (κ1) is 13.5. The first-order valence-electron chi connectivity index (χ1n) is 6.29. The lowest BCUT2D eigenvalue weighted by molar-refractivity contribution is -0.122. The molecule has 0 aromatic rings. The summed E-state index contributed by atoms with van der Waals surface area (Å²) >= 11 is 0. The van der Waals surface area contributed by atoms with E-state index in [0.29, 0.717) is 18.4 Å². The maximum Gasteiger partial charge on any atom is 0.234 e. The Morgan fingerprint density at radius 3 is 2.50 bits per heavy atom. The number of hydrogen-bond acceptors (Lipinski definition) is 3. The van der Waals surface area contributed by atoms with Crippen LogP contribution >= 0.6 is 0 Å². The van der Waals surface area contributed by atoms with Gasteiger partial charge < -0.3 is 10.6 Å². The minimum atomic E-state index is 0.161. The summed E-state index contributed by atoms with van der Waals surface area (Å²) in [5.74, 6) is 1.33. The van der Waals surface area contributed by atoms with Crippen LogP contribution in [0.5, 0.6) is 0 Å². The molecule has 94 valence electrons. The zero-order valence-electron chi connectivity index (χ0n) is 10.8. The van der Waals surface area contributed by atoms with E-state index in [9.17, 15) is 4.79 Å². The van der Waals surface area contributed by atoms with E-state index in [2.05, 4.69) is 36.3 Å². The van der Waals surface area contributed by atoms with E-state index in [4.69, 9.17) is 0 Å². The molecule has 0 aromatic carbocycles. The summed E-state index contributed by atoms with van der Waals surface area (Å²) in [6, 6.07) is 0. The molecule has 2 N–H and O–H groups in total. The molecule has 0 aromatic heterocycles. The Balaban J connectivity index is 2.14. The second-order valence-corrected chi connectivity index (χ2v) is 5.05. The number of nitrogens with one attached hydrogen (secondary N) is 2. The van der Waals surface area contributed by atoms with Crippen LogP contribution < -0.4 is 10.6 Å². The van der Waals surface area contributed by atoms with E-state index in [-0.39, 0.29) is 5.91 Å². The predicted octanol–water partition coefficient (Wildman–Crippen LogP) is 0.300. The Kier molecular flexibility index (Phi) is 5.77. The van der Waals surface area contributed by atoms with Gasteiger partial charge in [-0.15, -0.1) is 0 Å². The highest BCUT2D eigenvalue weighted by atomic mass is 16.2. The molecule has 1 aliphatic rings. The normalized spacial score (nSPS) is 19.8. The highest BCUT2D eigenvalue weighted by molar-refractivity contribution is 5.78. The highest BCUT2D eigenvalue weighted by Crippen LogP contribution is 2.07. The fraction of sp³-hybridized carbons (Fsp3) is 0.917. The van der Waals surface area contributed by atoms with Crippen LogP contribution in [0.15, 0.2) is 0 Å². The molecule has 1 fully saturated rings. The Morgan fingerprint density at radius 1 is 1.31 bits per heavy atom. The quantitative estimate of drug-likeness (QED) is 0.710. The van der Waals surface area contributed by atoms with Crippen molar-refractivity contribution in [2.45, 2.75) is 20.8 Å². The monoisotopic (exact) mass is 227 g/mol. The van der Waals surface area contributed by atoms with Gasteiger partial charge in [-0.3, -0.25) is 9.69 Å². The van der Waals surface area contributed by atoms with Gasteiger partial charge in [0.25, 0.3) is 0 Å². The second kappa shape index (κ2) is 6.86. The number of nitrogens with zero attached hydrogens (tertiary/aromatic N) is 1. The van der Waals surface area contributed by atoms with E-state index >= 15 is 0 Å². The van der Waals surface area contributed by atoms with E-state index in [1.807, 2.05) is 0 Å². The summed E-state index contributed by atoms with van der Waals surface area (Å²) in [6.07, 6.45) is 0. The predicted molar refractivity (Wildman–Crippen MR) is 66.3 cm³/mol. The zero-order chi connectivity index (χ0) is 12.0. The summed E-state index contributed by atoms with van der Waals surface area (Å²) in [7, 11) is 0. The van der Waals surface area contributed by atoms with Crippen LogP contribution in [0.3, 0.4) is 0 Å². The molecule has 0 aliphatic carbocycles. The lowest BCUT2D eigenvalue weighted by Gasteiger charge is -2.26. The maximum atomic E-state index is 11.7. The minimum Gasteiger partial charge on any atom is -0.355 e. The molecular weight excluding hydrogens is 202 g/mol. The van der Waals surface area contributed by atoms with Gasteiger partial charge in [-0.25, -0.2) is 0 Å². The van der Waals surface area contributed by atoms with Gasteiger partial charge in [-0.05, 0) is 11.8 Å². The lowest BCUT2D eigenvalue weighted by atomic mass is 9.98. The third-order valence-electron chi connectivity index (χ3n) is 3.34. The SMILES string of the molecule is CC(C)C(C)CNC(=O)CN1CCNCC1. The van der Waals surface area contributed by atoms with Crippen LogP contribution in [0.2, 0.25) is 0 Å². The van der Waals surface area contributed by atoms with Crippen molar-refractivity contribution in [2.24, 2.45) is 11.8 Å². The third kappa shape index (κ3) is 4.94. The number of rotatable bonds is 5. The number of piperazine rings is 1. The van der Waals surface area contributed by atoms with Crippen molar-refractivity contribution in [1.82, 2.24) is 15.5 Å². The molecule has 1 amide bonds. The van der Waals surface area contributed by atoms with Gasteiger partial charge in [0.2, 0.25) is 5.91 Å². The molecule has 1 aliphatic heterocycles. The summed E-state index contributed by atoms with van der Waals surface area (Å²) in [5.41, 5.74) is 0. The average Bonchev–Trinajstić information content (AvgIpc) is 2.27. The molecule has 0 spiro atoms. The summed E-state index contributed by atoms with van der Waals surface area (Å²) in [5, 5.41) is 6.29. The van der Waals surface area contributed by atoms with Crippen LogP contribution in [-0.2, 0) is 4.79 Å². The molecule has 4 nitrogen and oxygen atoms in total. The lowest BCUT2D eigenvalue weighted by Crippen LogP contribution is -2.48. The smallest absolute Gasteiger partial charge is 0.234 e. The van der Waals surface area contributed by atoms with Gasteiger partial charge in [0, 0.05) is 32.7 Å². The van der Waals surface area contributed by atoms with E-state index in [0.717, 1.165) is 32.7 Å². The van der Waals surface area contributed by atoms with Gasteiger partial charge >= 0.3 is 0 Å². The molecule has 4 heteroatoms. The van der Waals surface area contributed by atoms with Crippen LogP contribution in [0.4, 0.5) is 0 Å². The van der Waals surface area contributed by atoms with Crippen molar-refractivity contribution in [1.29, 1.82) is 0 Å². The molecule has 0 bridgehead atoms. The second-order valence-electron chi connectivity index (χ2n) is 5.05. The van der Waals surface area contributed by atoms with Crippen molar-refractivity contribution < 1.29 is 4.79 Å². The van der Waals surface area contributed by atoms with E-state index in [1.165, 1.54) is 0 Å². The molecule has 1 heterocycles. The number of hydrogen-bond donors (Lipinski definition) is 2. The summed E-state index contributed by atoms with van der Waals surface area (Å²) in [4.78, 5) is 13.9. The Labute approximate surface area is 98.8 Å². The molecule has 0 saturated carbocycles. The maximum absolute atomic E-state index is 11.7. The van der Waals surface area contributed by atoms with Crippen molar-refractivity contribution in [2.75, 3.05) is 39.3 Å². The molecular formula is C12H25N3O. The zero-order valence-corrected chi connectivity index (χ0v) is 10.8. The third-order valence-corrected chi connectivity index (χ3v) is 3.34. The van der Waals surface area contributed by atoms with Crippen LogP contribution in [-0.4, -0.2) is 50.1 Å². The fourth-order valence-corrected chi connectivity index (χ4v) is 1.64. The molecule has 1 atom stereocenters. The largest absolute Gasteiger partial charge is 0.355 e. The molecule has 0 radical (unpaired) electrons. The fourth-order valence-electron chi connectivity index (χ4n) is 1.64. The van der Waals surface area contributed by atoms with Crippen LogP contribution in [0.1, 0.15) is 20.8 Å². The Bertz CT molecular complexity index is 212. The van der Waals surface area contributed by atoms with Crippen LogP contribution in [0, 0.1) is 11.8 Å². The topological polar surface area (TPSA) is 44.4 Å². The minimum absolute atomic E-state index is 0.161. The molecule has 1 unspecified atom stereocenters. The number of carbonyl (C=O) groups excluding carboxylic acids is 1. The molecule has 1 saturated heterocycles. The standard InChI is InChI=1S/C12H25N3O/c1-10(2)11(3)8-14-12(16)9-15-6-4-13-5-7-15/h10-11,13H,4-9H2,1-3H3,(H,14,16). The van der Waals surface area contributed by atoms with Gasteiger partial charge in [0.1, 0.15) is 0 Å². The average molecular weight is 227 g/mol. The van der Waals surface area contributed by atoms with Crippen LogP contribution in [0.25, 0.3) is 0 Å². The van der Waals surface area contributed by atoms with Crippen molar-refractivity contribution in [3.63, 3.8) is 0 Å². The Hall–Kier alpha value is -0.610. The van der Waals surface area contributed by atoms with Gasteiger partial charge in [0.15, 0.2) is 0 Å². The summed E-state index contributed by atoms with van der Waals surface area (Å²) < 4.78 is 0. The number of carbonyl (C=O) groups is 1. The Morgan fingerprint density at radius 2 is 1.94 bits per heavy atom. The molecule has 1 rings (SSSR count). The summed E-state index contributed by atoms with van der Waals surface area (Å²) in [6.45, 7) is 11.8. The van der Waals surface area contributed by atoms with E-state index in [1.54, 1.807) is 0 Å². The first-order valence-corrected chi connectivity index (χ1v) is 6.29. The number of amides is 1. The molecule has 16 heavy (non-hydrogen) atoms.